The zero-order valence-corrected chi connectivity index (χ0v) is 18.2. The van der Waals surface area contributed by atoms with Crippen LogP contribution in [0.5, 0.6) is 0 Å². The van der Waals surface area contributed by atoms with Gasteiger partial charge in [0.05, 0.1) is 17.6 Å². The summed E-state index contributed by atoms with van der Waals surface area (Å²) in [7, 11) is -3.71. The maximum absolute atomic E-state index is 12.2. The summed E-state index contributed by atoms with van der Waals surface area (Å²) < 4.78 is 35.2. The molecule has 0 saturated heterocycles. The van der Waals surface area contributed by atoms with Gasteiger partial charge < -0.3 is 9.84 Å². The van der Waals surface area contributed by atoms with Crippen LogP contribution in [0.25, 0.3) is 0 Å². The van der Waals surface area contributed by atoms with E-state index in [0.717, 1.165) is 36.8 Å². The van der Waals surface area contributed by atoms with Gasteiger partial charge in [0, 0.05) is 6.42 Å². The van der Waals surface area contributed by atoms with Crippen molar-refractivity contribution in [3.05, 3.63) is 77.4 Å². The number of aliphatic hydroxyl groups excluding tert-OH is 1. The zero-order valence-electron chi connectivity index (χ0n) is 17.4. The molecule has 6 heteroatoms. The van der Waals surface area contributed by atoms with Crippen LogP contribution >= 0.6 is 0 Å². The molecule has 2 aromatic carbocycles. The highest BCUT2D eigenvalue weighted by molar-refractivity contribution is 7.86. The Hall–Kier alpha value is -1.99. The smallest absolute Gasteiger partial charge is 0.296 e. The second-order valence-corrected chi connectivity index (χ2v) is 9.34. The van der Waals surface area contributed by atoms with Crippen molar-refractivity contribution < 1.29 is 22.4 Å². The number of benzene rings is 2. The Morgan fingerprint density at radius 1 is 1.03 bits per heavy atom. The first kappa shape index (κ1) is 22.7. The Bertz CT molecular complexity index is 920. The summed E-state index contributed by atoms with van der Waals surface area (Å²) >= 11 is 0. The fourth-order valence-corrected chi connectivity index (χ4v) is 4.47. The maximum atomic E-state index is 12.2. The summed E-state index contributed by atoms with van der Waals surface area (Å²) in [6.45, 7) is 2.06. The molecule has 0 radical (unpaired) electrons. The molecule has 30 heavy (non-hydrogen) atoms. The Kier molecular flexibility index (Phi) is 8.22. The van der Waals surface area contributed by atoms with Crippen molar-refractivity contribution in [2.45, 2.75) is 62.7 Å². The largest absolute Gasteiger partial charge is 0.368 e. The standard InChI is InChI=1S/C24H30O5S/c1-19-10-14-23(15-11-19)30(26,27)28-16-6-5-9-21-17-22(29-24(25)18-21)13-12-20-7-3-2-4-8-20/h2-4,7-8,10-11,14-15,17,22,24-25H,5-6,9,12-13,16,18H2,1H3. The quantitative estimate of drug-likeness (QED) is 0.340. The van der Waals surface area contributed by atoms with Gasteiger partial charge in [0.15, 0.2) is 6.29 Å². The summed E-state index contributed by atoms with van der Waals surface area (Å²) in [4.78, 5) is 0.185. The Labute approximate surface area is 179 Å². The summed E-state index contributed by atoms with van der Waals surface area (Å²) in [5, 5.41) is 10.0. The van der Waals surface area contributed by atoms with Crippen LogP contribution in [0.3, 0.4) is 0 Å². The van der Waals surface area contributed by atoms with Crippen LogP contribution in [0.1, 0.15) is 43.2 Å². The molecule has 162 valence electrons. The average Bonchev–Trinajstić information content (AvgIpc) is 2.73. The van der Waals surface area contributed by atoms with Crippen molar-refractivity contribution in [2.24, 2.45) is 0 Å². The van der Waals surface area contributed by atoms with Crippen molar-refractivity contribution in [1.82, 2.24) is 0 Å². The third-order valence-corrected chi connectivity index (χ3v) is 6.52. The first-order valence-electron chi connectivity index (χ1n) is 10.5. The third-order valence-electron chi connectivity index (χ3n) is 5.19. The molecule has 0 aromatic heterocycles. The highest BCUT2D eigenvalue weighted by Crippen LogP contribution is 2.25. The molecule has 1 aliphatic rings. The number of ether oxygens (including phenoxy) is 1. The molecule has 1 aliphatic heterocycles. The molecule has 2 atom stereocenters. The molecule has 0 aliphatic carbocycles. The van der Waals surface area contributed by atoms with Crippen molar-refractivity contribution in [3.63, 3.8) is 0 Å². The molecule has 2 aromatic rings. The Morgan fingerprint density at radius 3 is 2.50 bits per heavy atom. The number of aryl methyl sites for hydroxylation is 2. The van der Waals surface area contributed by atoms with E-state index in [1.807, 2.05) is 25.1 Å². The monoisotopic (exact) mass is 430 g/mol. The SMILES string of the molecule is Cc1ccc(S(=O)(=O)OCCCCC2=CC(CCc3ccccc3)OC(O)C2)cc1. The van der Waals surface area contributed by atoms with Crippen LogP contribution in [-0.2, 0) is 25.5 Å². The second kappa shape index (κ2) is 10.9. The van der Waals surface area contributed by atoms with Gasteiger partial charge in [-0.1, -0.05) is 59.7 Å². The van der Waals surface area contributed by atoms with Gasteiger partial charge in [-0.25, -0.2) is 0 Å². The van der Waals surface area contributed by atoms with E-state index >= 15 is 0 Å². The third kappa shape index (κ3) is 7.06. The van der Waals surface area contributed by atoms with E-state index in [1.54, 1.807) is 24.3 Å². The Morgan fingerprint density at radius 2 is 1.77 bits per heavy atom. The lowest BCUT2D eigenvalue weighted by Crippen LogP contribution is -2.26. The lowest BCUT2D eigenvalue weighted by Gasteiger charge is -2.26. The zero-order chi connectivity index (χ0) is 21.4. The molecule has 1 heterocycles. The minimum Gasteiger partial charge on any atom is -0.368 e. The number of aliphatic hydroxyl groups is 1. The molecule has 5 nitrogen and oxygen atoms in total. The number of hydrogen-bond acceptors (Lipinski definition) is 5. The highest BCUT2D eigenvalue weighted by Gasteiger charge is 2.21. The normalized spacial score (nSPS) is 19.5. The van der Waals surface area contributed by atoms with E-state index in [0.29, 0.717) is 12.8 Å². The van der Waals surface area contributed by atoms with Gasteiger partial charge in [-0.15, -0.1) is 0 Å². The van der Waals surface area contributed by atoms with Gasteiger partial charge in [0.2, 0.25) is 0 Å². The molecule has 2 unspecified atom stereocenters. The summed E-state index contributed by atoms with van der Waals surface area (Å²) in [6, 6.07) is 16.9. The second-order valence-electron chi connectivity index (χ2n) is 7.73. The van der Waals surface area contributed by atoms with Crippen molar-refractivity contribution >= 4 is 10.1 Å². The number of rotatable bonds is 10. The van der Waals surface area contributed by atoms with Gasteiger partial charge in [-0.2, -0.15) is 8.42 Å². The molecule has 0 spiro atoms. The molecule has 1 N–H and O–H groups in total. The van der Waals surface area contributed by atoms with Crippen LogP contribution in [0.4, 0.5) is 0 Å². The predicted octanol–water partition coefficient (Wildman–Crippen LogP) is 4.54. The van der Waals surface area contributed by atoms with E-state index in [1.165, 1.54) is 5.56 Å². The van der Waals surface area contributed by atoms with Gasteiger partial charge in [0.1, 0.15) is 0 Å². The maximum Gasteiger partial charge on any atom is 0.296 e. The van der Waals surface area contributed by atoms with Crippen molar-refractivity contribution in [2.75, 3.05) is 6.61 Å². The van der Waals surface area contributed by atoms with Crippen LogP contribution in [0.15, 0.2) is 71.1 Å². The minimum atomic E-state index is -3.71. The number of hydrogen-bond donors (Lipinski definition) is 1. The lowest BCUT2D eigenvalue weighted by atomic mass is 9.98. The summed E-state index contributed by atoms with van der Waals surface area (Å²) in [5.41, 5.74) is 3.42. The van der Waals surface area contributed by atoms with Gasteiger partial charge in [-0.05, 0) is 56.7 Å². The first-order valence-corrected chi connectivity index (χ1v) is 11.9. The fourth-order valence-electron chi connectivity index (χ4n) is 3.53. The molecule has 0 saturated carbocycles. The van der Waals surface area contributed by atoms with E-state index < -0.39 is 16.4 Å². The van der Waals surface area contributed by atoms with E-state index in [-0.39, 0.29) is 17.6 Å². The van der Waals surface area contributed by atoms with Crippen LogP contribution in [0.2, 0.25) is 0 Å². The lowest BCUT2D eigenvalue weighted by molar-refractivity contribution is -0.129. The average molecular weight is 431 g/mol. The van der Waals surface area contributed by atoms with Gasteiger partial charge in [-0.3, -0.25) is 4.18 Å². The van der Waals surface area contributed by atoms with Crippen LogP contribution in [-0.4, -0.2) is 32.5 Å². The minimum absolute atomic E-state index is 0.0953. The Balaban J connectivity index is 1.42. The van der Waals surface area contributed by atoms with Crippen LogP contribution in [0, 0.1) is 6.92 Å². The molecule has 3 rings (SSSR count). The summed E-state index contributed by atoms with van der Waals surface area (Å²) in [6.07, 6.45) is 5.70. The number of unbranched alkanes of at least 4 members (excludes halogenated alkanes) is 1. The fraction of sp³-hybridized carbons (Fsp3) is 0.417. The van der Waals surface area contributed by atoms with Crippen molar-refractivity contribution in [3.8, 4) is 0 Å². The van der Waals surface area contributed by atoms with Gasteiger partial charge in [0.25, 0.3) is 10.1 Å². The van der Waals surface area contributed by atoms with E-state index in [2.05, 4.69) is 18.2 Å². The predicted molar refractivity (Wildman–Crippen MR) is 117 cm³/mol. The molecule has 0 amide bonds. The molecular weight excluding hydrogens is 400 g/mol. The molecule has 0 bridgehead atoms. The first-order chi connectivity index (χ1) is 14.4. The van der Waals surface area contributed by atoms with E-state index in [4.69, 9.17) is 8.92 Å². The van der Waals surface area contributed by atoms with E-state index in [9.17, 15) is 13.5 Å². The van der Waals surface area contributed by atoms with Crippen molar-refractivity contribution in [1.29, 1.82) is 0 Å². The van der Waals surface area contributed by atoms with Crippen LogP contribution < -0.4 is 0 Å². The highest BCUT2D eigenvalue weighted by atomic mass is 32.2. The van der Waals surface area contributed by atoms with Gasteiger partial charge >= 0.3 is 0 Å². The molecular formula is C24H30O5S. The summed E-state index contributed by atoms with van der Waals surface area (Å²) in [5.74, 6) is 0. The topological polar surface area (TPSA) is 72.8 Å². The molecule has 0 fully saturated rings.